The minimum absolute atomic E-state index is 0.0349. The largest absolute Gasteiger partial charge is 0.354 e. The summed E-state index contributed by atoms with van der Waals surface area (Å²) in [5.74, 6) is 0.816. The van der Waals surface area contributed by atoms with Crippen molar-refractivity contribution in [3.8, 4) is 0 Å². The summed E-state index contributed by atoms with van der Waals surface area (Å²) >= 11 is 0. The molecule has 0 aliphatic carbocycles. The van der Waals surface area contributed by atoms with Gasteiger partial charge in [0.25, 0.3) is 0 Å². The summed E-state index contributed by atoms with van der Waals surface area (Å²) in [6.45, 7) is 8.04. The van der Waals surface area contributed by atoms with Crippen LogP contribution < -0.4 is 15.5 Å². The molecule has 7 heteroatoms. The first-order valence-electron chi connectivity index (χ1n) is 10.5. The molecule has 7 nitrogen and oxygen atoms in total. The van der Waals surface area contributed by atoms with E-state index >= 15 is 0 Å². The predicted molar refractivity (Wildman–Crippen MR) is 118 cm³/mol. The molecule has 2 N–H and O–H groups in total. The van der Waals surface area contributed by atoms with Gasteiger partial charge < -0.3 is 15.5 Å². The molecule has 1 saturated heterocycles. The molecule has 1 fully saturated rings. The van der Waals surface area contributed by atoms with Crippen molar-refractivity contribution in [2.45, 2.75) is 32.4 Å². The van der Waals surface area contributed by atoms with Crippen molar-refractivity contribution >= 4 is 17.6 Å². The molecular formula is C23H31N5O2. The third-order valence-corrected chi connectivity index (χ3v) is 5.25. The van der Waals surface area contributed by atoms with Crippen molar-refractivity contribution in [2.75, 3.05) is 37.6 Å². The maximum atomic E-state index is 12.6. The molecule has 160 valence electrons. The molecule has 2 atom stereocenters. The van der Waals surface area contributed by atoms with Gasteiger partial charge in [-0.3, -0.25) is 14.5 Å². The van der Waals surface area contributed by atoms with E-state index in [1.807, 2.05) is 61.7 Å². The summed E-state index contributed by atoms with van der Waals surface area (Å²) in [7, 11) is 0. The second-order valence-electron chi connectivity index (χ2n) is 7.81. The molecule has 1 aromatic heterocycles. The van der Waals surface area contributed by atoms with Crippen molar-refractivity contribution in [3.63, 3.8) is 0 Å². The molecule has 1 aliphatic heterocycles. The third-order valence-electron chi connectivity index (χ3n) is 5.25. The zero-order chi connectivity index (χ0) is 21.3. The zero-order valence-corrected chi connectivity index (χ0v) is 17.8. The average Bonchev–Trinajstić information content (AvgIpc) is 2.74. The van der Waals surface area contributed by atoms with Crippen LogP contribution in [0.15, 0.2) is 54.7 Å². The van der Waals surface area contributed by atoms with Crippen LogP contribution >= 0.6 is 0 Å². The minimum atomic E-state index is -0.321. The van der Waals surface area contributed by atoms with E-state index in [4.69, 9.17) is 0 Å². The van der Waals surface area contributed by atoms with Crippen molar-refractivity contribution in [1.29, 1.82) is 0 Å². The van der Waals surface area contributed by atoms with Crippen LogP contribution in [0.25, 0.3) is 0 Å². The topological polar surface area (TPSA) is 77.6 Å². The molecule has 0 saturated carbocycles. The lowest BCUT2D eigenvalue weighted by atomic mass is 10.0. The second-order valence-corrected chi connectivity index (χ2v) is 7.81. The highest BCUT2D eigenvalue weighted by atomic mass is 16.2. The summed E-state index contributed by atoms with van der Waals surface area (Å²) in [6.07, 6.45) is 2.05. The monoisotopic (exact) mass is 409 g/mol. The first kappa shape index (κ1) is 21.8. The quantitative estimate of drug-likeness (QED) is 0.697. The van der Waals surface area contributed by atoms with Crippen LogP contribution in [0.4, 0.5) is 5.82 Å². The van der Waals surface area contributed by atoms with E-state index < -0.39 is 0 Å². The van der Waals surface area contributed by atoms with Gasteiger partial charge in [0.15, 0.2) is 0 Å². The normalized spacial score (nSPS) is 16.5. The summed E-state index contributed by atoms with van der Waals surface area (Å²) in [6, 6.07) is 15.3. The van der Waals surface area contributed by atoms with Gasteiger partial charge in [0.1, 0.15) is 5.82 Å². The van der Waals surface area contributed by atoms with Crippen LogP contribution in [-0.4, -0.2) is 60.5 Å². The van der Waals surface area contributed by atoms with Crippen LogP contribution in [0.2, 0.25) is 0 Å². The Morgan fingerprint density at radius 3 is 2.33 bits per heavy atom. The fourth-order valence-electron chi connectivity index (χ4n) is 3.84. The number of nitrogens with zero attached hydrogens (tertiary/aromatic N) is 3. The number of pyridine rings is 1. The minimum Gasteiger partial charge on any atom is -0.354 e. The standard InChI is InChI=1S/C23H31N5O2/c1-18(17-27-12-14-28(15-13-27)22-10-6-7-11-24-22)25-23(30)16-21(26-19(2)29)20-8-4-3-5-9-20/h3-11,18,21H,12-17H2,1-2H3,(H,25,30)(H,26,29). The summed E-state index contributed by atoms with van der Waals surface area (Å²) in [4.78, 5) is 33.2. The lowest BCUT2D eigenvalue weighted by molar-refractivity contribution is -0.123. The average molecular weight is 410 g/mol. The Morgan fingerprint density at radius 1 is 1.00 bits per heavy atom. The SMILES string of the molecule is CC(=O)NC(CC(=O)NC(C)CN1CCN(c2ccccn2)CC1)c1ccccc1. The van der Waals surface area contributed by atoms with Crippen LogP contribution in [0.3, 0.4) is 0 Å². The van der Waals surface area contributed by atoms with Crippen molar-refractivity contribution in [1.82, 2.24) is 20.5 Å². The van der Waals surface area contributed by atoms with Gasteiger partial charge in [0.05, 0.1) is 12.5 Å². The number of aromatic nitrogens is 1. The van der Waals surface area contributed by atoms with Crippen LogP contribution in [0, 0.1) is 0 Å². The number of carbonyl (C=O) groups excluding carboxylic acids is 2. The van der Waals surface area contributed by atoms with Crippen molar-refractivity contribution in [3.05, 3.63) is 60.3 Å². The van der Waals surface area contributed by atoms with E-state index in [1.54, 1.807) is 0 Å². The molecule has 2 unspecified atom stereocenters. The Kier molecular flexibility index (Phi) is 7.79. The van der Waals surface area contributed by atoms with Crippen LogP contribution in [0.1, 0.15) is 31.9 Å². The molecule has 30 heavy (non-hydrogen) atoms. The number of rotatable bonds is 8. The first-order valence-corrected chi connectivity index (χ1v) is 10.5. The fraction of sp³-hybridized carbons (Fsp3) is 0.435. The lowest BCUT2D eigenvalue weighted by Gasteiger charge is -2.36. The number of anilines is 1. The number of amides is 2. The molecule has 1 aliphatic rings. The molecule has 2 amide bonds. The highest BCUT2D eigenvalue weighted by molar-refractivity contribution is 5.79. The number of hydrogen-bond donors (Lipinski definition) is 2. The van der Waals surface area contributed by atoms with E-state index in [0.717, 1.165) is 44.1 Å². The highest BCUT2D eigenvalue weighted by Crippen LogP contribution is 2.17. The van der Waals surface area contributed by atoms with Gasteiger partial charge in [-0.15, -0.1) is 0 Å². The fourth-order valence-corrected chi connectivity index (χ4v) is 3.84. The van der Waals surface area contributed by atoms with E-state index in [0.29, 0.717) is 0 Å². The number of piperazine rings is 1. The Morgan fingerprint density at radius 2 is 1.70 bits per heavy atom. The Bertz CT molecular complexity index is 807. The molecule has 0 bridgehead atoms. The summed E-state index contributed by atoms with van der Waals surface area (Å²) in [5, 5.41) is 5.97. The van der Waals surface area contributed by atoms with E-state index in [-0.39, 0.29) is 30.3 Å². The summed E-state index contributed by atoms with van der Waals surface area (Å²) in [5.41, 5.74) is 0.932. The maximum Gasteiger partial charge on any atom is 0.222 e. The van der Waals surface area contributed by atoms with Gasteiger partial charge in [-0.05, 0) is 24.6 Å². The van der Waals surface area contributed by atoms with Gasteiger partial charge in [-0.25, -0.2) is 4.98 Å². The number of hydrogen-bond acceptors (Lipinski definition) is 5. The lowest BCUT2D eigenvalue weighted by Crippen LogP contribution is -2.51. The highest BCUT2D eigenvalue weighted by Gasteiger charge is 2.22. The van der Waals surface area contributed by atoms with Crippen molar-refractivity contribution in [2.24, 2.45) is 0 Å². The predicted octanol–water partition coefficient (Wildman–Crippen LogP) is 1.98. The van der Waals surface area contributed by atoms with Crippen molar-refractivity contribution < 1.29 is 9.59 Å². The van der Waals surface area contributed by atoms with E-state index in [2.05, 4.69) is 25.4 Å². The third kappa shape index (κ3) is 6.56. The first-order chi connectivity index (χ1) is 14.5. The van der Waals surface area contributed by atoms with Crippen LogP contribution in [0.5, 0.6) is 0 Å². The molecule has 0 spiro atoms. The van der Waals surface area contributed by atoms with E-state index in [1.165, 1.54) is 6.92 Å². The van der Waals surface area contributed by atoms with Gasteiger partial charge in [0, 0.05) is 51.9 Å². The zero-order valence-electron chi connectivity index (χ0n) is 17.8. The van der Waals surface area contributed by atoms with Gasteiger partial charge in [0.2, 0.25) is 11.8 Å². The van der Waals surface area contributed by atoms with Gasteiger partial charge >= 0.3 is 0 Å². The van der Waals surface area contributed by atoms with Gasteiger partial charge in [-0.1, -0.05) is 36.4 Å². The number of benzene rings is 1. The Hall–Kier alpha value is -2.93. The number of carbonyl (C=O) groups is 2. The molecule has 3 rings (SSSR count). The Labute approximate surface area is 178 Å². The van der Waals surface area contributed by atoms with E-state index in [9.17, 15) is 9.59 Å². The Balaban J connectivity index is 1.45. The smallest absolute Gasteiger partial charge is 0.222 e. The van der Waals surface area contributed by atoms with Gasteiger partial charge in [-0.2, -0.15) is 0 Å². The van der Waals surface area contributed by atoms with Crippen LogP contribution in [-0.2, 0) is 9.59 Å². The molecule has 0 radical (unpaired) electrons. The summed E-state index contributed by atoms with van der Waals surface area (Å²) < 4.78 is 0. The molecule has 2 aromatic rings. The molecule has 1 aromatic carbocycles. The second kappa shape index (κ2) is 10.7. The molecular weight excluding hydrogens is 378 g/mol. The molecule has 2 heterocycles. The maximum absolute atomic E-state index is 12.6. The number of nitrogens with one attached hydrogen (secondary N) is 2.